The maximum atomic E-state index is 12.0. The lowest BCUT2D eigenvalue weighted by molar-refractivity contribution is -0.155. The maximum Gasteiger partial charge on any atom is 0.306 e. The zero-order valence-electron chi connectivity index (χ0n) is 16.6. The standard InChI is InChI=1S/C19H29NO6/c1-12(18(22)20-19(2,3)4)26-16(21)9-8-13-10-14(23-5)17(25-7)15(11-13)24-6/h10-12H,8-9H2,1-7H3,(H,20,22). The number of benzene rings is 1. The van der Waals surface area contributed by atoms with Crippen LogP contribution in [0.2, 0.25) is 0 Å². The number of ether oxygens (including phenoxy) is 4. The topological polar surface area (TPSA) is 83.1 Å². The summed E-state index contributed by atoms with van der Waals surface area (Å²) in [5, 5.41) is 2.78. The summed E-state index contributed by atoms with van der Waals surface area (Å²) in [6, 6.07) is 3.56. The summed E-state index contributed by atoms with van der Waals surface area (Å²) < 4.78 is 21.1. The lowest BCUT2D eigenvalue weighted by Crippen LogP contribution is -2.46. The number of aryl methyl sites for hydroxylation is 1. The molecule has 1 N–H and O–H groups in total. The Bertz CT molecular complexity index is 610. The molecule has 0 heterocycles. The fraction of sp³-hybridized carbons (Fsp3) is 0.579. The summed E-state index contributed by atoms with van der Waals surface area (Å²) >= 11 is 0. The molecular weight excluding hydrogens is 338 g/mol. The van der Waals surface area contributed by atoms with Crippen LogP contribution in [-0.4, -0.2) is 44.8 Å². The summed E-state index contributed by atoms with van der Waals surface area (Å²) in [6.07, 6.45) is -0.295. The van der Waals surface area contributed by atoms with Crippen molar-refractivity contribution < 1.29 is 28.5 Å². The number of carbonyl (C=O) groups excluding carboxylic acids is 2. The normalized spacial score (nSPS) is 12.1. The monoisotopic (exact) mass is 367 g/mol. The molecule has 1 rings (SSSR count). The molecule has 1 unspecified atom stereocenters. The molecule has 1 atom stereocenters. The number of esters is 1. The van der Waals surface area contributed by atoms with Crippen LogP contribution >= 0.6 is 0 Å². The summed E-state index contributed by atoms with van der Waals surface area (Å²) in [5.41, 5.74) is 0.455. The molecule has 0 spiro atoms. The van der Waals surface area contributed by atoms with Crippen LogP contribution in [0.1, 0.15) is 39.7 Å². The van der Waals surface area contributed by atoms with E-state index in [2.05, 4.69) is 5.32 Å². The van der Waals surface area contributed by atoms with E-state index < -0.39 is 12.1 Å². The highest BCUT2D eigenvalue weighted by Crippen LogP contribution is 2.38. The van der Waals surface area contributed by atoms with Gasteiger partial charge in [0, 0.05) is 12.0 Å². The van der Waals surface area contributed by atoms with E-state index in [0.29, 0.717) is 23.7 Å². The van der Waals surface area contributed by atoms with Gasteiger partial charge in [0.25, 0.3) is 5.91 Å². The van der Waals surface area contributed by atoms with Crippen LogP contribution < -0.4 is 19.5 Å². The third-order valence-electron chi connectivity index (χ3n) is 3.52. The molecule has 0 aromatic heterocycles. The van der Waals surface area contributed by atoms with Gasteiger partial charge >= 0.3 is 5.97 Å². The molecular formula is C19H29NO6. The van der Waals surface area contributed by atoms with E-state index in [9.17, 15) is 9.59 Å². The number of nitrogens with one attached hydrogen (secondary N) is 1. The first-order valence-corrected chi connectivity index (χ1v) is 8.41. The number of rotatable bonds is 8. The molecule has 26 heavy (non-hydrogen) atoms. The Hall–Kier alpha value is -2.44. The lowest BCUT2D eigenvalue weighted by Gasteiger charge is -2.23. The average molecular weight is 367 g/mol. The van der Waals surface area contributed by atoms with Crippen molar-refractivity contribution in [3.63, 3.8) is 0 Å². The molecule has 1 aromatic carbocycles. The second kappa shape index (κ2) is 9.31. The summed E-state index contributed by atoms with van der Waals surface area (Å²) in [5.74, 6) is 0.768. The van der Waals surface area contributed by atoms with Gasteiger partial charge in [0.05, 0.1) is 21.3 Å². The van der Waals surface area contributed by atoms with Gasteiger partial charge in [-0.2, -0.15) is 0 Å². The summed E-state index contributed by atoms with van der Waals surface area (Å²) in [6.45, 7) is 7.15. The SMILES string of the molecule is COc1cc(CCC(=O)OC(C)C(=O)NC(C)(C)C)cc(OC)c1OC. The fourth-order valence-electron chi connectivity index (χ4n) is 2.31. The van der Waals surface area contributed by atoms with Gasteiger partial charge in [-0.1, -0.05) is 0 Å². The second-order valence-corrected chi connectivity index (χ2v) is 6.90. The third-order valence-corrected chi connectivity index (χ3v) is 3.52. The quantitative estimate of drug-likeness (QED) is 0.711. The molecule has 1 amide bonds. The first kappa shape index (κ1) is 21.6. The summed E-state index contributed by atoms with van der Waals surface area (Å²) in [4.78, 5) is 24.0. The first-order chi connectivity index (χ1) is 12.1. The molecule has 0 saturated heterocycles. The van der Waals surface area contributed by atoms with Gasteiger partial charge in [0.2, 0.25) is 5.75 Å². The van der Waals surface area contributed by atoms with E-state index in [4.69, 9.17) is 18.9 Å². The van der Waals surface area contributed by atoms with Gasteiger partial charge in [0.1, 0.15) is 0 Å². The van der Waals surface area contributed by atoms with E-state index >= 15 is 0 Å². The van der Waals surface area contributed by atoms with Crippen molar-refractivity contribution in [2.75, 3.05) is 21.3 Å². The second-order valence-electron chi connectivity index (χ2n) is 6.90. The predicted octanol–water partition coefficient (Wildman–Crippen LogP) is 2.49. The molecule has 0 fully saturated rings. The van der Waals surface area contributed by atoms with Crippen molar-refractivity contribution in [1.29, 1.82) is 0 Å². The van der Waals surface area contributed by atoms with Crippen LogP contribution in [-0.2, 0) is 20.7 Å². The van der Waals surface area contributed by atoms with Crippen LogP contribution in [0, 0.1) is 0 Å². The van der Waals surface area contributed by atoms with Gasteiger partial charge in [-0.15, -0.1) is 0 Å². The average Bonchev–Trinajstić information content (AvgIpc) is 2.57. The van der Waals surface area contributed by atoms with Gasteiger partial charge in [-0.25, -0.2) is 0 Å². The predicted molar refractivity (Wildman–Crippen MR) is 97.9 cm³/mol. The Morgan fingerprint density at radius 2 is 1.58 bits per heavy atom. The molecule has 7 nitrogen and oxygen atoms in total. The highest BCUT2D eigenvalue weighted by atomic mass is 16.5. The molecule has 0 aliphatic heterocycles. The van der Waals surface area contributed by atoms with Crippen LogP contribution in [0.25, 0.3) is 0 Å². The zero-order valence-corrected chi connectivity index (χ0v) is 16.6. The molecule has 0 saturated carbocycles. The molecule has 0 aliphatic rings. The van der Waals surface area contributed by atoms with Crippen molar-refractivity contribution in [3.8, 4) is 17.2 Å². The van der Waals surface area contributed by atoms with E-state index in [1.807, 2.05) is 20.8 Å². The highest BCUT2D eigenvalue weighted by Gasteiger charge is 2.22. The van der Waals surface area contributed by atoms with Crippen molar-refractivity contribution in [2.45, 2.75) is 52.2 Å². The minimum Gasteiger partial charge on any atom is -0.493 e. The summed E-state index contributed by atoms with van der Waals surface area (Å²) in [7, 11) is 4.59. The first-order valence-electron chi connectivity index (χ1n) is 8.41. The van der Waals surface area contributed by atoms with Gasteiger partial charge < -0.3 is 24.3 Å². The van der Waals surface area contributed by atoms with Crippen LogP contribution in [0.5, 0.6) is 17.2 Å². The number of carbonyl (C=O) groups is 2. The van der Waals surface area contributed by atoms with Gasteiger partial charge in [0.15, 0.2) is 17.6 Å². The molecule has 0 aliphatic carbocycles. The lowest BCUT2D eigenvalue weighted by atomic mass is 10.1. The molecule has 1 aromatic rings. The molecule has 7 heteroatoms. The van der Waals surface area contributed by atoms with E-state index in [-0.39, 0.29) is 17.9 Å². The van der Waals surface area contributed by atoms with Crippen molar-refractivity contribution in [1.82, 2.24) is 5.32 Å². The minimum absolute atomic E-state index is 0.131. The molecule has 146 valence electrons. The van der Waals surface area contributed by atoms with Crippen molar-refractivity contribution in [2.24, 2.45) is 0 Å². The fourth-order valence-corrected chi connectivity index (χ4v) is 2.31. The Morgan fingerprint density at radius 1 is 1.04 bits per heavy atom. The van der Waals surface area contributed by atoms with E-state index in [1.54, 1.807) is 19.1 Å². The Labute approximate surface area is 155 Å². The minimum atomic E-state index is -0.846. The van der Waals surface area contributed by atoms with E-state index in [1.165, 1.54) is 21.3 Å². The highest BCUT2D eigenvalue weighted by molar-refractivity contribution is 5.83. The van der Waals surface area contributed by atoms with Crippen LogP contribution in [0.4, 0.5) is 0 Å². The van der Waals surface area contributed by atoms with Crippen LogP contribution in [0.3, 0.4) is 0 Å². The van der Waals surface area contributed by atoms with Gasteiger partial charge in [-0.3, -0.25) is 9.59 Å². The smallest absolute Gasteiger partial charge is 0.306 e. The van der Waals surface area contributed by atoms with E-state index in [0.717, 1.165) is 5.56 Å². The largest absolute Gasteiger partial charge is 0.493 e. The number of methoxy groups -OCH3 is 3. The Morgan fingerprint density at radius 3 is 2.00 bits per heavy atom. The number of hydrogen-bond donors (Lipinski definition) is 1. The number of hydrogen-bond acceptors (Lipinski definition) is 6. The molecule has 0 radical (unpaired) electrons. The van der Waals surface area contributed by atoms with Crippen molar-refractivity contribution in [3.05, 3.63) is 17.7 Å². The van der Waals surface area contributed by atoms with Crippen LogP contribution in [0.15, 0.2) is 12.1 Å². The Kier molecular flexibility index (Phi) is 7.74. The molecule has 0 bridgehead atoms. The maximum absolute atomic E-state index is 12.0. The third kappa shape index (κ3) is 6.46. The van der Waals surface area contributed by atoms with Gasteiger partial charge in [-0.05, 0) is 51.8 Å². The zero-order chi connectivity index (χ0) is 19.9. The Balaban J connectivity index is 2.69. The number of amides is 1. The van der Waals surface area contributed by atoms with Crippen molar-refractivity contribution >= 4 is 11.9 Å².